The first-order valence-corrected chi connectivity index (χ1v) is 8.03. The van der Waals surface area contributed by atoms with Crippen LogP contribution in [-0.4, -0.2) is 17.5 Å². The van der Waals surface area contributed by atoms with Gasteiger partial charge in [-0.15, -0.1) is 0 Å². The van der Waals surface area contributed by atoms with E-state index in [1.165, 1.54) is 6.07 Å². The number of rotatable bonds is 2. The SMILES string of the molecule is Cc1c(Cl)cccc1NC(=O)N1CCCC1c1ccccc1F. The number of likely N-dealkylation sites (tertiary alicyclic amines) is 1. The summed E-state index contributed by atoms with van der Waals surface area (Å²) in [5, 5.41) is 3.50. The number of nitrogens with one attached hydrogen (secondary N) is 1. The van der Waals surface area contributed by atoms with Crippen molar-refractivity contribution in [2.75, 3.05) is 11.9 Å². The first kappa shape index (κ1) is 15.8. The number of anilines is 1. The molecule has 120 valence electrons. The van der Waals surface area contributed by atoms with Crippen LogP contribution in [0.25, 0.3) is 0 Å². The lowest BCUT2D eigenvalue weighted by atomic mass is 10.0. The maximum atomic E-state index is 14.0. The number of carbonyl (C=O) groups is 1. The number of urea groups is 1. The Kier molecular flexibility index (Phi) is 4.53. The largest absolute Gasteiger partial charge is 0.322 e. The van der Waals surface area contributed by atoms with Gasteiger partial charge in [0.1, 0.15) is 5.82 Å². The van der Waals surface area contributed by atoms with Crippen LogP contribution in [0.1, 0.15) is 30.0 Å². The Morgan fingerprint density at radius 3 is 2.83 bits per heavy atom. The van der Waals surface area contributed by atoms with Crippen molar-refractivity contribution in [3.05, 3.63) is 64.4 Å². The molecular formula is C18H18ClFN2O. The highest BCUT2D eigenvalue weighted by Gasteiger charge is 2.31. The van der Waals surface area contributed by atoms with Gasteiger partial charge in [-0.1, -0.05) is 35.9 Å². The molecule has 3 nitrogen and oxygen atoms in total. The lowest BCUT2D eigenvalue weighted by Crippen LogP contribution is -2.35. The molecule has 0 aromatic heterocycles. The molecule has 3 rings (SSSR count). The topological polar surface area (TPSA) is 32.3 Å². The fourth-order valence-corrected chi connectivity index (χ4v) is 3.18. The van der Waals surface area contributed by atoms with Gasteiger partial charge in [0.2, 0.25) is 0 Å². The Morgan fingerprint density at radius 1 is 1.26 bits per heavy atom. The Bertz CT molecular complexity index is 735. The van der Waals surface area contributed by atoms with Crippen LogP contribution in [0.2, 0.25) is 5.02 Å². The van der Waals surface area contributed by atoms with Gasteiger partial charge in [-0.05, 0) is 43.5 Å². The fraction of sp³-hybridized carbons (Fsp3) is 0.278. The maximum absolute atomic E-state index is 14.0. The highest BCUT2D eigenvalue weighted by Crippen LogP contribution is 2.34. The molecule has 2 amide bonds. The van der Waals surface area contributed by atoms with Gasteiger partial charge in [-0.25, -0.2) is 9.18 Å². The molecule has 1 aliphatic heterocycles. The van der Waals surface area contributed by atoms with E-state index in [0.717, 1.165) is 18.4 Å². The Balaban J connectivity index is 1.81. The van der Waals surface area contributed by atoms with Gasteiger partial charge in [-0.2, -0.15) is 0 Å². The lowest BCUT2D eigenvalue weighted by Gasteiger charge is -2.26. The molecule has 1 heterocycles. The first-order valence-electron chi connectivity index (χ1n) is 7.65. The molecule has 1 unspecified atom stereocenters. The normalized spacial score (nSPS) is 17.3. The summed E-state index contributed by atoms with van der Waals surface area (Å²) >= 11 is 6.09. The minimum absolute atomic E-state index is 0.221. The van der Waals surface area contributed by atoms with E-state index in [1.807, 2.05) is 13.0 Å². The van der Waals surface area contributed by atoms with Crippen molar-refractivity contribution in [3.8, 4) is 0 Å². The molecule has 0 bridgehead atoms. The predicted octanol–water partition coefficient (Wildman–Crippen LogP) is 5.16. The zero-order valence-corrected chi connectivity index (χ0v) is 13.6. The molecule has 1 aliphatic rings. The van der Waals surface area contributed by atoms with Crippen LogP contribution in [-0.2, 0) is 0 Å². The van der Waals surface area contributed by atoms with E-state index in [9.17, 15) is 9.18 Å². The van der Waals surface area contributed by atoms with Crippen molar-refractivity contribution in [1.29, 1.82) is 0 Å². The molecule has 2 aromatic rings. The Labute approximate surface area is 140 Å². The standard InChI is InChI=1S/C18H18ClFN2O/c1-12-14(19)7-4-9-16(12)21-18(23)22-11-5-10-17(22)13-6-2-3-8-15(13)20/h2-4,6-9,17H,5,10-11H2,1H3,(H,21,23). The van der Waals surface area contributed by atoms with Crippen LogP contribution in [0.15, 0.2) is 42.5 Å². The number of carbonyl (C=O) groups excluding carboxylic acids is 1. The van der Waals surface area contributed by atoms with Gasteiger partial charge in [0.05, 0.1) is 6.04 Å². The van der Waals surface area contributed by atoms with Crippen LogP contribution in [0.3, 0.4) is 0 Å². The average molecular weight is 333 g/mol. The van der Waals surface area contributed by atoms with Gasteiger partial charge in [0.25, 0.3) is 0 Å². The Morgan fingerprint density at radius 2 is 2.04 bits per heavy atom. The van der Waals surface area contributed by atoms with E-state index < -0.39 is 0 Å². The molecule has 1 saturated heterocycles. The van der Waals surface area contributed by atoms with Crippen LogP contribution >= 0.6 is 11.6 Å². The summed E-state index contributed by atoms with van der Waals surface area (Å²) in [6.45, 7) is 2.47. The van der Waals surface area contributed by atoms with Crippen molar-refractivity contribution < 1.29 is 9.18 Å². The molecule has 0 saturated carbocycles. The van der Waals surface area contributed by atoms with Crippen molar-refractivity contribution in [2.24, 2.45) is 0 Å². The highest BCUT2D eigenvalue weighted by atomic mass is 35.5. The second-order valence-electron chi connectivity index (χ2n) is 5.72. The lowest BCUT2D eigenvalue weighted by molar-refractivity contribution is 0.206. The zero-order chi connectivity index (χ0) is 16.4. The second kappa shape index (κ2) is 6.59. The van der Waals surface area contributed by atoms with Crippen LogP contribution in [0, 0.1) is 12.7 Å². The molecule has 1 atom stereocenters. The Hall–Kier alpha value is -2.07. The quantitative estimate of drug-likeness (QED) is 0.809. The zero-order valence-electron chi connectivity index (χ0n) is 12.9. The van der Waals surface area contributed by atoms with Crippen molar-refractivity contribution >= 4 is 23.3 Å². The van der Waals surface area contributed by atoms with E-state index in [4.69, 9.17) is 11.6 Å². The number of halogens is 2. The fourth-order valence-electron chi connectivity index (χ4n) is 3.01. The predicted molar refractivity (Wildman–Crippen MR) is 90.3 cm³/mol. The molecular weight excluding hydrogens is 315 g/mol. The van der Waals surface area contributed by atoms with E-state index >= 15 is 0 Å². The molecule has 2 aromatic carbocycles. The summed E-state index contributed by atoms with van der Waals surface area (Å²) in [7, 11) is 0. The first-order chi connectivity index (χ1) is 11.1. The average Bonchev–Trinajstić information content (AvgIpc) is 3.02. The van der Waals surface area contributed by atoms with Crippen LogP contribution < -0.4 is 5.32 Å². The minimum Gasteiger partial charge on any atom is -0.317 e. The minimum atomic E-state index is -0.267. The third kappa shape index (κ3) is 3.17. The molecule has 23 heavy (non-hydrogen) atoms. The summed E-state index contributed by atoms with van der Waals surface area (Å²) in [5.74, 6) is -0.267. The summed E-state index contributed by atoms with van der Waals surface area (Å²) in [6, 6.07) is 11.6. The number of hydrogen-bond acceptors (Lipinski definition) is 1. The number of amides is 2. The van der Waals surface area contributed by atoms with Gasteiger partial charge in [-0.3, -0.25) is 0 Å². The molecule has 0 spiro atoms. The molecule has 1 N–H and O–H groups in total. The number of hydrogen-bond donors (Lipinski definition) is 1. The van der Waals surface area contributed by atoms with Gasteiger partial charge in [0, 0.05) is 22.8 Å². The summed E-state index contributed by atoms with van der Waals surface area (Å²) in [6.07, 6.45) is 1.63. The van der Waals surface area contributed by atoms with Crippen LogP contribution in [0.5, 0.6) is 0 Å². The second-order valence-corrected chi connectivity index (χ2v) is 6.12. The van der Waals surface area contributed by atoms with E-state index in [1.54, 1.807) is 35.2 Å². The van der Waals surface area contributed by atoms with Crippen molar-refractivity contribution in [3.63, 3.8) is 0 Å². The maximum Gasteiger partial charge on any atom is 0.322 e. The monoisotopic (exact) mass is 332 g/mol. The molecule has 5 heteroatoms. The summed E-state index contributed by atoms with van der Waals surface area (Å²) in [5.41, 5.74) is 2.08. The molecule has 1 fully saturated rings. The van der Waals surface area contributed by atoms with Crippen LogP contribution in [0.4, 0.5) is 14.9 Å². The smallest absolute Gasteiger partial charge is 0.317 e. The third-order valence-electron chi connectivity index (χ3n) is 4.29. The van der Waals surface area contributed by atoms with Gasteiger partial charge < -0.3 is 10.2 Å². The highest BCUT2D eigenvalue weighted by molar-refractivity contribution is 6.31. The van der Waals surface area contributed by atoms with E-state index in [0.29, 0.717) is 22.8 Å². The van der Waals surface area contributed by atoms with E-state index in [2.05, 4.69) is 5.32 Å². The molecule has 0 aliphatic carbocycles. The summed E-state index contributed by atoms with van der Waals surface area (Å²) < 4.78 is 14.0. The van der Waals surface area contributed by atoms with Gasteiger partial charge in [0.15, 0.2) is 0 Å². The summed E-state index contributed by atoms with van der Waals surface area (Å²) in [4.78, 5) is 14.3. The van der Waals surface area contributed by atoms with E-state index in [-0.39, 0.29) is 17.9 Å². The number of benzene rings is 2. The number of nitrogens with zero attached hydrogens (tertiary/aromatic N) is 1. The van der Waals surface area contributed by atoms with Crippen molar-refractivity contribution in [1.82, 2.24) is 4.90 Å². The third-order valence-corrected chi connectivity index (χ3v) is 4.70. The molecule has 0 radical (unpaired) electrons. The van der Waals surface area contributed by atoms with Crippen molar-refractivity contribution in [2.45, 2.75) is 25.8 Å². The van der Waals surface area contributed by atoms with Gasteiger partial charge >= 0.3 is 6.03 Å².